The van der Waals surface area contributed by atoms with E-state index in [9.17, 15) is 19.2 Å². The maximum atomic E-state index is 13.1. The van der Waals surface area contributed by atoms with Crippen molar-refractivity contribution in [2.75, 3.05) is 18.4 Å². The van der Waals surface area contributed by atoms with Crippen molar-refractivity contribution < 1.29 is 19.2 Å². The summed E-state index contributed by atoms with van der Waals surface area (Å²) in [5, 5.41) is 12.5. The van der Waals surface area contributed by atoms with Gasteiger partial charge in [0.05, 0.1) is 35.4 Å². The SMILES string of the molecule is C[C@H](NC(=O)CNC(=O)c1cccc2c(Nc3ccccc3)c3ccccc3nc12)C(=O)NCC(N)=O. The van der Waals surface area contributed by atoms with E-state index in [0.717, 1.165) is 22.1 Å². The van der Waals surface area contributed by atoms with Crippen molar-refractivity contribution in [2.24, 2.45) is 5.73 Å². The molecule has 0 fully saturated rings. The van der Waals surface area contributed by atoms with Gasteiger partial charge in [-0.05, 0) is 31.2 Å². The number of hydrogen-bond acceptors (Lipinski definition) is 6. The van der Waals surface area contributed by atoms with Crippen LogP contribution in [0.5, 0.6) is 0 Å². The predicted molar refractivity (Wildman–Crippen MR) is 141 cm³/mol. The van der Waals surface area contributed by atoms with Crippen LogP contribution in [0.2, 0.25) is 0 Å². The zero-order valence-corrected chi connectivity index (χ0v) is 20.1. The van der Waals surface area contributed by atoms with Crippen LogP contribution in [0.15, 0.2) is 72.8 Å². The molecule has 4 amide bonds. The van der Waals surface area contributed by atoms with E-state index in [-0.39, 0.29) is 13.1 Å². The van der Waals surface area contributed by atoms with E-state index in [0.29, 0.717) is 16.6 Å². The topological polar surface area (TPSA) is 155 Å². The first kappa shape index (κ1) is 25.1. The van der Waals surface area contributed by atoms with Gasteiger partial charge in [-0.15, -0.1) is 0 Å². The van der Waals surface area contributed by atoms with E-state index >= 15 is 0 Å². The normalized spacial score (nSPS) is 11.5. The molecule has 188 valence electrons. The van der Waals surface area contributed by atoms with Gasteiger partial charge in [0, 0.05) is 16.5 Å². The number of amides is 4. The number of carbonyl (C=O) groups is 4. The van der Waals surface area contributed by atoms with Crippen molar-refractivity contribution in [3.63, 3.8) is 0 Å². The number of primary amides is 1. The number of pyridine rings is 1. The lowest BCUT2D eigenvalue weighted by Crippen LogP contribution is -2.49. The fraction of sp³-hybridized carbons (Fsp3) is 0.148. The number of carbonyl (C=O) groups excluding carboxylic acids is 4. The van der Waals surface area contributed by atoms with Gasteiger partial charge in [-0.2, -0.15) is 0 Å². The van der Waals surface area contributed by atoms with Crippen LogP contribution >= 0.6 is 0 Å². The molecule has 0 aliphatic carbocycles. The molecule has 37 heavy (non-hydrogen) atoms. The first-order chi connectivity index (χ1) is 17.8. The van der Waals surface area contributed by atoms with Gasteiger partial charge in [0.15, 0.2) is 0 Å². The molecular weight excluding hydrogens is 472 g/mol. The molecule has 6 N–H and O–H groups in total. The minimum atomic E-state index is -0.916. The van der Waals surface area contributed by atoms with Gasteiger partial charge in [0.2, 0.25) is 17.7 Å². The third-order valence-electron chi connectivity index (χ3n) is 5.62. The molecule has 0 unspecified atom stereocenters. The van der Waals surface area contributed by atoms with Gasteiger partial charge >= 0.3 is 0 Å². The van der Waals surface area contributed by atoms with Crippen molar-refractivity contribution in [1.29, 1.82) is 0 Å². The van der Waals surface area contributed by atoms with E-state index < -0.39 is 29.7 Å². The average molecular weight is 499 g/mol. The molecule has 0 saturated carbocycles. The molecule has 1 atom stereocenters. The summed E-state index contributed by atoms with van der Waals surface area (Å²) in [6.45, 7) is 0.766. The number of nitrogens with one attached hydrogen (secondary N) is 4. The Hall–Kier alpha value is -4.99. The Bertz CT molecular complexity index is 1490. The van der Waals surface area contributed by atoms with Crippen LogP contribution < -0.4 is 27.0 Å². The quantitative estimate of drug-likeness (QED) is 0.222. The highest BCUT2D eigenvalue weighted by molar-refractivity contribution is 6.15. The molecule has 10 heteroatoms. The van der Waals surface area contributed by atoms with Gasteiger partial charge in [0.1, 0.15) is 6.04 Å². The lowest BCUT2D eigenvalue weighted by molar-refractivity contribution is -0.129. The summed E-state index contributed by atoms with van der Waals surface area (Å²) < 4.78 is 0. The molecule has 1 aromatic heterocycles. The predicted octanol–water partition coefficient (Wildman–Crippen LogP) is 1.97. The minimum Gasteiger partial charge on any atom is -0.368 e. The molecule has 3 aromatic carbocycles. The molecular formula is C27H26N6O4. The zero-order chi connectivity index (χ0) is 26.4. The fourth-order valence-corrected chi connectivity index (χ4v) is 3.84. The van der Waals surface area contributed by atoms with E-state index in [1.807, 2.05) is 60.7 Å². The molecule has 4 aromatic rings. The van der Waals surface area contributed by atoms with Crippen LogP contribution in [0.3, 0.4) is 0 Å². The van der Waals surface area contributed by atoms with Crippen molar-refractivity contribution in [3.05, 3.63) is 78.4 Å². The van der Waals surface area contributed by atoms with Crippen LogP contribution in [0.4, 0.5) is 11.4 Å². The molecule has 1 heterocycles. The molecule has 0 aliphatic heterocycles. The van der Waals surface area contributed by atoms with Gasteiger partial charge < -0.3 is 27.0 Å². The highest BCUT2D eigenvalue weighted by atomic mass is 16.2. The third-order valence-corrected chi connectivity index (χ3v) is 5.62. The zero-order valence-electron chi connectivity index (χ0n) is 20.1. The lowest BCUT2D eigenvalue weighted by atomic mass is 10.0. The highest BCUT2D eigenvalue weighted by Gasteiger charge is 2.19. The molecule has 0 bridgehead atoms. The first-order valence-corrected chi connectivity index (χ1v) is 11.6. The summed E-state index contributed by atoms with van der Waals surface area (Å²) in [6, 6.07) is 21.7. The van der Waals surface area contributed by atoms with Crippen LogP contribution in [0.25, 0.3) is 21.8 Å². The summed E-state index contributed by atoms with van der Waals surface area (Å²) in [5.74, 6) is -2.32. The van der Waals surface area contributed by atoms with Crippen LogP contribution in [-0.4, -0.2) is 47.7 Å². The number of rotatable bonds is 9. The number of para-hydroxylation sites is 3. The molecule has 0 saturated heterocycles. The maximum Gasteiger partial charge on any atom is 0.253 e. The van der Waals surface area contributed by atoms with Gasteiger partial charge in [-0.1, -0.05) is 48.5 Å². The summed E-state index contributed by atoms with van der Waals surface area (Å²) in [5.41, 5.74) is 8.20. The monoisotopic (exact) mass is 498 g/mol. The van der Waals surface area contributed by atoms with Crippen molar-refractivity contribution in [1.82, 2.24) is 20.9 Å². The number of nitrogens with two attached hydrogens (primary N) is 1. The van der Waals surface area contributed by atoms with Gasteiger partial charge in [-0.3, -0.25) is 19.2 Å². The summed E-state index contributed by atoms with van der Waals surface area (Å²) >= 11 is 0. The van der Waals surface area contributed by atoms with E-state index in [1.165, 1.54) is 6.92 Å². The molecule has 0 spiro atoms. The van der Waals surface area contributed by atoms with Crippen LogP contribution in [0.1, 0.15) is 17.3 Å². The van der Waals surface area contributed by atoms with E-state index in [2.05, 4.69) is 21.3 Å². The van der Waals surface area contributed by atoms with Crippen molar-refractivity contribution in [2.45, 2.75) is 13.0 Å². The Labute approximate surface area is 212 Å². The standard InChI is InChI=1S/C27H26N6O4/c1-16(26(36)29-14-22(28)34)31-23(35)15-30-27(37)20-12-7-11-19-24(32-17-8-3-2-4-9-17)18-10-5-6-13-21(18)33-25(19)20/h2-13,16H,14-15H2,1H3,(H2,28,34)(H,29,36)(H,30,37)(H,31,35)(H,32,33)/t16-/m0/s1. The number of hydrogen-bond donors (Lipinski definition) is 5. The minimum absolute atomic E-state index is 0.305. The number of fused-ring (bicyclic) bond motifs is 2. The summed E-state index contributed by atoms with van der Waals surface area (Å²) in [7, 11) is 0. The molecule has 0 radical (unpaired) electrons. The Morgan fingerprint density at radius 1 is 0.838 bits per heavy atom. The fourth-order valence-electron chi connectivity index (χ4n) is 3.84. The van der Waals surface area contributed by atoms with E-state index in [4.69, 9.17) is 10.7 Å². The second kappa shape index (κ2) is 11.2. The first-order valence-electron chi connectivity index (χ1n) is 11.6. The van der Waals surface area contributed by atoms with Crippen molar-refractivity contribution in [3.8, 4) is 0 Å². The molecule has 10 nitrogen and oxygen atoms in total. The largest absolute Gasteiger partial charge is 0.368 e. The number of nitrogens with zero attached hydrogens (tertiary/aromatic N) is 1. The van der Waals surface area contributed by atoms with Crippen molar-refractivity contribution >= 4 is 56.8 Å². The van der Waals surface area contributed by atoms with Gasteiger partial charge in [0.25, 0.3) is 5.91 Å². The Morgan fingerprint density at radius 3 is 2.30 bits per heavy atom. The van der Waals surface area contributed by atoms with Crippen LogP contribution in [-0.2, 0) is 14.4 Å². The number of aromatic nitrogens is 1. The highest BCUT2D eigenvalue weighted by Crippen LogP contribution is 2.34. The lowest BCUT2D eigenvalue weighted by Gasteiger charge is -2.16. The Balaban J connectivity index is 1.55. The summed E-state index contributed by atoms with van der Waals surface area (Å²) in [4.78, 5) is 52.9. The third kappa shape index (κ3) is 5.99. The second-order valence-corrected chi connectivity index (χ2v) is 8.35. The summed E-state index contributed by atoms with van der Waals surface area (Å²) in [6.07, 6.45) is 0. The Kier molecular flexibility index (Phi) is 7.58. The smallest absolute Gasteiger partial charge is 0.253 e. The van der Waals surface area contributed by atoms with Gasteiger partial charge in [-0.25, -0.2) is 4.98 Å². The van der Waals surface area contributed by atoms with Crippen LogP contribution in [0, 0.1) is 0 Å². The molecule has 4 rings (SSSR count). The second-order valence-electron chi connectivity index (χ2n) is 8.35. The number of benzene rings is 3. The average Bonchev–Trinajstić information content (AvgIpc) is 2.90. The maximum absolute atomic E-state index is 13.1. The van der Waals surface area contributed by atoms with E-state index in [1.54, 1.807) is 12.1 Å². The number of anilines is 2. The Morgan fingerprint density at radius 2 is 1.54 bits per heavy atom. The molecule has 0 aliphatic rings.